The van der Waals surface area contributed by atoms with Gasteiger partial charge < -0.3 is 39.9 Å². The van der Waals surface area contributed by atoms with Crippen molar-refractivity contribution in [3.8, 4) is 12.1 Å². The first-order valence-electron chi connectivity index (χ1n) is 20.4. The summed E-state index contributed by atoms with van der Waals surface area (Å²) in [7, 11) is -5.17. The third kappa shape index (κ3) is 14.1. The predicted molar refractivity (Wildman–Crippen MR) is 211 cm³/mol. The molecule has 0 saturated carbocycles. The van der Waals surface area contributed by atoms with Crippen molar-refractivity contribution in [2.45, 2.75) is 159 Å². The third-order valence-corrected chi connectivity index (χ3v) is 11.0. The number of nitrogens with two attached hydrogens (primary N) is 1. The molecule has 2 unspecified atom stereocenters. The van der Waals surface area contributed by atoms with Gasteiger partial charge in [-0.2, -0.15) is 15.6 Å². The van der Waals surface area contributed by atoms with Crippen LogP contribution in [-0.2, 0) is 35.5 Å². The number of nitriles is 2. The number of rotatable bonds is 28. The fourth-order valence-electron chi connectivity index (χ4n) is 7.30. The summed E-state index contributed by atoms with van der Waals surface area (Å²) in [6.07, 6.45) is 13.0. The summed E-state index contributed by atoms with van der Waals surface area (Å²) in [5.74, 6) is 0.110. The number of nitrogens with zero attached hydrogens (tertiary/aromatic N) is 6. The topological polar surface area (TPSA) is 252 Å². The molecule has 1 saturated heterocycles. The van der Waals surface area contributed by atoms with Crippen molar-refractivity contribution in [2.24, 2.45) is 0 Å². The lowest BCUT2D eigenvalue weighted by atomic mass is 9.91. The molecule has 6 N–H and O–H groups in total. The minimum Gasteiger partial charge on any atom is -0.388 e. The number of aromatic nitrogens is 4. The van der Waals surface area contributed by atoms with E-state index in [1.54, 1.807) is 12.1 Å². The molecule has 0 spiro atoms. The quantitative estimate of drug-likeness (QED) is 0.0407. The van der Waals surface area contributed by atoms with Crippen LogP contribution in [0.1, 0.15) is 133 Å². The van der Waals surface area contributed by atoms with Crippen molar-refractivity contribution in [3.05, 3.63) is 53.7 Å². The van der Waals surface area contributed by atoms with E-state index in [9.17, 15) is 35.1 Å². The second-order valence-corrected chi connectivity index (χ2v) is 16.0. The predicted octanol–water partition coefficient (Wildman–Crippen LogP) is 6.15. The Balaban J connectivity index is 1.33. The van der Waals surface area contributed by atoms with Gasteiger partial charge in [0.25, 0.3) is 0 Å². The van der Waals surface area contributed by atoms with Gasteiger partial charge in [-0.25, -0.2) is 19.0 Å². The van der Waals surface area contributed by atoms with E-state index < -0.39 is 50.4 Å². The lowest BCUT2D eigenvalue weighted by molar-refractivity contribution is -0.111. The molecule has 0 amide bonds. The van der Waals surface area contributed by atoms with Crippen molar-refractivity contribution in [2.75, 3.05) is 18.9 Å². The second-order valence-electron chi connectivity index (χ2n) is 14.8. The summed E-state index contributed by atoms with van der Waals surface area (Å²) in [5.41, 5.74) is 4.75. The molecule has 3 aromatic heterocycles. The number of hydrogen-bond acceptors (Lipinski definition) is 13. The molecule has 57 heavy (non-hydrogen) atoms. The number of aliphatic hydroxyl groups is 2. The Morgan fingerprint density at radius 3 is 2.16 bits per heavy atom. The Morgan fingerprint density at radius 1 is 0.930 bits per heavy atom. The molecule has 4 heterocycles. The highest BCUT2D eigenvalue weighted by atomic mass is 31.2. The molecule has 17 heteroatoms. The van der Waals surface area contributed by atoms with Crippen LogP contribution in [-0.4, -0.2) is 83.3 Å². The maximum atomic E-state index is 12.3. The highest BCUT2D eigenvalue weighted by Crippen LogP contribution is 2.45. The smallest absolute Gasteiger partial charge is 0.388 e. The van der Waals surface area contributed by atoms with Gasteiger partial charge in [-0.05, 0) is 30.7 Å². The van der Waals surface area contributed by atoms with Crippen molar-refractivity contribution in [3.63, 3.8) is 0 Å². The van der Waals surface area contributed by atoms with Gasteiger partial charge in [0.15, 0.2) is 5.82 Å². The van der Waals surface area contributed by atoms with Crippen LogP contribution in [0.3, 0.4) is 0 Å². The normalized spacial score (nSPS) is 20.7. The Morgan fingerprint density at radius 2 is 1.56 bits per heavy atom. The molecular formula is C40H60N7O9P. The summed E-state index contributed by atoms with van der Waals surface area (Å²) in [5, 5.41) is 46.3. The summed E-state index contributed by atoms with van der Waals surface area (Å²) in [6, 6.07) is 11.7. The van der Waals surface area contributed by atoms with Gasteiger partial charge in [-0.1, -0.05) is 109 Å². The van der Waals surface area contributed by atoms with Gasteiger partial charge in [0.1, 0.15) is 54.1 Å². The number of phosphoric ester groups is 1. The van der Waals surface area contributed by atoms with E-state index in [1.165, 1.54) is 106 Å². The van der Waals surface area contributed by atoms with Crippen LogP contribution >= 0.6 is 7.82 Å². The number of unbranched alkanes of at least 4 members (excludes halogenated alkanes) is 15. The maximum Gasteiger partial charge on any atom is 0.469 e. The average Bonchev–Trinajstić information content (AvgIpc) is 3.74. The molecule has 3 aromatic rings. The van der Waals surface area contributed by atoms with Crippen molar-refractivity contribution in [1.82, 2.24) is 19.6 Å². The van der Waals surface area contributed by atoms with Crippen LogP contribution in [0.2, 0.25) is 0 Å². The first-order chi connectivity index (χ1) is 27.5. The Hall–Kier alpha value is -3.54. The van der Waals surface area contributed by atoms with Gasteiger partial charge in [0.05, 0.1) is 30.7 Å². The van der Waals surface area contributed by atoms with E-state index >= 15 is 0 Å². The van der Waals surface area contributed by atoms with Gasteiger partial charge >= 0.3 is 7.82 Å². The molecule has 314 valence electrons. The number of nitrogen functional groups attached to an aromatic ring is 1. The summed E-state index contributed by atoms with van der Waals surface area (Å²) in [6.45, 7) is 2.28. The van der Waals surface area contributed by atoms with Crippen molar-refractivity contribution >= 4 is 19.2 Å². The first kappa shape index (κ1) is 46.2. The number of ether oxygens (including phenoxy) is 3. The molecule has 6 atom stereocenters. The second kappa shape index (κ2) is 23.8. The van der Waals surface area contributed by atoms with Crippen LogP contribution in [0.5, 0.6) is 0 Å². The largest absolute Gasteiger partial charge is 0.469 e. The fraction of sp³-hybridized carbons (Fsp3) is 0.675. The van der Waals surface area contributed by atoms with Gasteiger partial charge in [-0.15, -0.1) is 0 Å². The molecule has 0 bridgehead atoms. The van der Waals surface area contributed by atoms with E-state index in [1.807, 2.05) is 12.1 Å². The monoisotopic (exact) mass is 813 g/mol. The number of aliphatic hydroxyl groups excluding tert-OH is 2. The van der Waals surface area contributed by atoms with E-state index in [-0.39, 0.29) is 30.4 Å². The standard InChI is InChI=1S/C40H60N7O9P/c1-2-3-4-5-6-7-8-9-10-11-12-13-14-15-16-17-23-53-27-35(54-26-31-20-18-19-30(25-41)46-31)33(56-57(50,51)52)24-34-37(48)38(49)40(28-42,55-34)36-22-21-32-39(43)44-29-45-47(32)36/h18-22,29,33-35,37-38,48-49H,2-17,23-24,26-27H2,1H3,(H2,43,44,45)(H2,50,51,52)/t33?,34-,35?,37-,38-,40+/m1/s1. The zero-order chi connectivity index (χ0) is 41.1. The average molecular weight is 814 g/mol. The molecule has 4 rings (SSSR count). The van der Waals surface area contributed by atoms with Gasteiger partial charge in [0.2, 0.25) is 5.60 Å². The number of fused-ring (bicyclic) bond motifs is 1. The molecule has 1 aliphatic heterocycles. The van der Waals surface area contributed by atoms with Gasteiger partial charge in [0, 0.05) is 13.0 Å². The van der Waals surface area contributed by atoms with Crippen molar-refractivity contribution in [1.29, 1.82) is 10.5 Å². The number of pyridine rings is 1. The molecule has 0 aromatic carbocycles. The number of hydrogen-bond donors (Lipinski definition) is 5. The zero-order valence-corrected chi connectivity index (χ0v) is 33.9. The first-order valence-corrected chi connectivity index (χ1v) is 21.9. The Kier molecular flexibility index (Phi) is 19.2. The molecule has 0 radical (unpaired) electrons. The van der Waals surface area contributed by atoms with Gasteiger partial charge in [-0.3, -0.25) is 4.52 Å². The lowest BCUT2D eigenvalue weighted by Gasteiger charge is -2.30. The summed E-state index contributed by atoms with van der Waals surface area (Å²) < 4.78 is 37.0. The molecule has 1 fully saturated rings. The molecular weight excluding hydrogens is 753 g/mol. The van der Waals surface area contributed by atoms with Crippen LogP contribution in [0, 0.1) is 22.7 Å². The van der Waals surface area contributed by atoms with Crippen LogP contribution in [0.15, 0.2) is 36.7 Å². The maximum absolute atomic E-state index is 12.3. The van der Waals surface area contributed by atoms with E-state index in [2.05, 4.69) is 22.0 Å². The third-order valence-electron chi connectivity index (χ3n) is 10.4. The van der Waals surface area contributed by atoms with E-state index in [0.717, 1.165) is 25.7 Å². The summed E-state index contributed by atoms with van der Waals surface area (Å²) in [4.78, 5) is 28.1. The minimum atomic E-state index is -5.17. The highest BCUT2D eigenvalue weighted by molar-refractivity contribution is 7.46. The highest BCUT2D eigenvalue weighted by Gasteiger charge is 2.58. The van der Waals surface area contributed by atoms with Crippen molar-refractivity contribution < 1.29 is 43.3 Å². The SMILES string of the molecule is CCCCCCCCCCCCCCCCCCOCC(OCc1cccc(C#N)n1)C(C[C@H]1O[C@@](C#N)(c2ccc3c(N)ncnn23)[C@H](O)[C@@H]1O)OP(=O)(O)O. The molecule has 1 aliphatic rings. The molecule has 16 nitrogen and oxygen atoms in total. The minimum absolute atomic E-state index is 0.0639. The summed E-state index contributed by atoms with van der Waals surface area (Å²) >= 11 is 0. The number of anilines is 1. The fourth-order valence-corrected chi connectivity index (χ4v) is 7.88. The van der Waals surface area contributed by atoms with Crippen LogP contribution in [0.4, 0.5) is 5.82 Å². The number of phosphoric acid groups is 1. The van der Waals surface area contributed by atoms with Crippen LogP contribution in [0.25, 0.3) is 5.52 Å². The zero-order valence-electron chi connectivity index (χ0n) is 33.0. The van der Waals surface area contributed by atoms with E-state index in [4.69, 9.17) is 24.5 Å². The van der Waals surface area contributed by atoms with E-state index in [0.29, 0.717) is 17.8 Å². The molecule has 0 aliphatic carbocycles. The Labute approximate surface area is 335 Å². The Bertz CT molecular complexity index is 1780. The van der Waals surface area contributed by atoms with Crippen LogP contribution < -0.4 is 5.73 Å². The lowest BCUT2D eigenvalue weighted by Crippen LogP contribution is -2.42.